The first-order valence-electron chi connectivity index (χ1n) is 8.55. The Balaban J connectivity index is 1.75. The molecule has 0 radical (unpaired) electrons. The summed E-state index contributed by atoms with van der Waals surface area (Å²) in [6.45, 7) is 1.55. The van der Waals surface area contributed by atoms with Gasteiger partial charge in [-0.05, 0) is 61.9 Å². The molecule has 7 nitrogen and oxygen atoms in total. The Bertz CT molecular complexity index is 972. The van der Waals surface area contributed by atoms with Gasteiger partial charge < -0.3 is 5.11 Å². The number of hydrazine groups is 1. The van der Waals surface area contributed by atoms with Crippen molar-refractivity contribution in [3.05, 3.63) is 50.7 Å². The predicted octanol–water partition coefficient (Wildman–Crippen LogP) is 2.65. The number of amides is 1. The van der Waals surface area contributed by atoms with E-state index in [9.17, 15) is 18.0 Å². The maximum Gasteiger partial charge on any atom is 0.335 e. The summed E-state index contributed by atoms with van der Waals surface area (Å²) in [5.41, 5.74) is 3.62. The third-order valence-corrected chi connectivity index (χ3v) is 7.12. The Morgan fingerprint density at radius 3 is 2.59 bits per heavy atom. The molecule has 0 fully saturated rings. The number of aryl methyl sites for hydroxylation is 3. The predicted molar refractivity (Wildman–Crippen MR) is 102 cm³/mol. The van der Waals surface area contributed by atoms with Crippen LogP contribution >= 0.6 is 11.3 Å². The molecule has 1 aliphatic rings. The van der Waals surface area contributed by atoms with E-state index in [0.717, 1.165) is 37.3 Å². The minimum atomic E-state index is -4.10. The van der Waals surface area contributed by atoms with E-state index in [-0.39, 0.29) is 10.5 Å². The second-order valence-corrected chi connectivity index (χ2v) is 9.25. The van der Waals surface area contributed by atoms with Crippen LogP contribution in [-0.4, -0.2) is 25.4 Å². The normalized spacial score (nSPS) is 14.3. The first kappa shape index (κ1) is 19.5. The number of fused-ring (bicyclic) bond motifs is 1. The van der Waals surface area contributed by atoms with Crippen molar-refractivity contribution in [3.63, 3.8) is 0 Å². The number of carboxylic acid groups (broad SMARTS) is 1. The Labute approximate surface area is 161 Å². The SMILES string of the molecule is Cc1ccc(C(=O)O)cc1S(=O)(=O)NNC(=O)c1cc2c(s1)CCCCC2. The van der Waals surface area contributed by atoms with Crippen LogP contribution in [0.1, 0.15) is 55.3 Å². The second-order valence-electron chi connectivity index (χ2n) is 6.46. The van der Waals surface area contributed by atoms with Gasteiger partial charge in [0.2, 0.25) is 0 Å². The number of thiophene rings is 1. The number of carboxylic acids is 1. The zero-order valence-electron chi connectivity index (χ0n) is 14.7. The molecule has 3 N–H and O–H groups in total. The van der Waals surface area contributed by atoms with Gasteiger partial charge in [0, 0.05) is 4.88 Å². The summed E-state index contributed by atoms with van der Waals surface area (Å²) in [5.74, 6) is -1.75. The second kappa shape index (κ2) is 7.79. The van der Waals surface area contributed by atoms with Gasteiger partial charge in [-0.3, -0.25) is 10.2 Å². The average Bonchev–Trinajstić information content (AvgIpc) is 2.90. The lowest BCUT2D eigenvalue weighted by atomic mass is 10.1. The molecule has 1 aromatic carbocycles. The van der Waals surface area contributed by atoms with Crippen molar-refractivity contribution < 1.29 is 23.1 Å². The minimum absolute atomic E-state index is 0.144. The van der Waals surface area contributed by atoms with E-state index in [1.807, 2.05) is 6.07 Å². The minimum Gasteiger partial charge on any atom is -0.478 e. The van der Waals surface area contributed by atoms with E-state index < -0.39 is 21.9 Å². The molecular weight excluding hydrogens is 388 g/mol. The molecular formula is C18H20N2O5S2. The summed E-state index contributed by atoms with van der Waals surface area (Å²) in [4.78, 5) is 27.0. The molecule has 2 aromatic rings. The molecule has 144 valence electrons. The highest BCUT2D eigenvalue weighted by Gasteiger charge is 2.21. The standard InChI is InChI=1S/C18H20N2O5S2/c1-11-7-8-13(18(22)23)10-16(11)27(24,25)20-19-17(21)15-9-12-5-3-2-4-6-14(12)26-15/h7-10,20H,2-6H2,1H3,(H,19,21)(H,22,23). The van der Waals surface area contributed by atoms with Crippen LogP contribution in [0.4, 0.5) is 0 Å². The zero-order valence-corrected chi connectivity index (χ0v) is 16.4. The van der Waals surface area contributed by atoms with Gasteiger partial charge in [-0.25, -0.2) is 13.2 Å². The quantitative estimate of drug-likeness (QED) is 0.520. The highest BCUT2D eigenvalue weighted by Crippen LogP contribution is 2.28. The lowest BCUT2D eigenvalue weighted by molar-refractivity contribution is 0.0696. The number of nitrogens with one attached hydrogen (secondary N) is 2. The zero-order chi connectivity index (χ0) is 19.6. The van der Waals surface area contributed by atoms with E-state index in [2.05, 4.69) is 10.3 Å². The Hall–Kier alpha value is -2.23. The molecule has 0 saturated heterocycles. The van der Waals surface area contributed by atoms with Crippen LogP contribution in [0.2, 0.25) is 0 Å². The van der Waals surface area contributed by atoms with Gasteiger partial charge >= 0.3 is 5.97 Å². The van der Waals surface area contributed by atoms with Gasteiger partial charge in [0.25, 0.3) is 15.9 Å². The maximum absolute atomic E-state index is 12.5. The Morgan fingerprint density at radius 2 is 1.85 bits per heavy atom. The number of rotatable bonds is 5. The fraction of sp³-hybridized carbons (Fsp3) is 0.333. The fourth-order valence-corrected chi connectivity index (χ4v) is 5.29. The van der Waals surface area contributed by atoms with Crippen LogP contribution in [-0.2, 0) is 22.9 Å². The highest BCUT2D eigenvalue weighted by atomic mass is 32.2. The van der Waals surface area contributed by atoms with Gasteiger partial charge in [-0.1, -0.05) is 12.5 Å². The number of sulfonamides is 1. The number of benzene rings is 1. The van der Waals surface area contributed by atoms with Crippen molar-refractivity contribution in [2.24, 2.45) is 0 Å². The van der Waals surface area contributed by atoms with Crippen molar-refractivity contribution in [2.75, 3.05) is 0 Å². The summed E-state index contributed by atoms with van der Waals surface area (Å²) in [5, 5.41) is 9.05. The number of carbonyl (C=O) groups excluding carboxylic acids is 1. The highest BCUT2D eigenvalue weighted by molar-refractivity contribution is 7.89. The summed E-state index contributed by atoms with van der Waals surface area (Å²) in [6.07, 6.45) is 5.25. The molecule has 9 heteroatoms. The molecule has 1 amide bonds. The van der Waals surface area contributed by atoms with Gasteiger partial charge in [0.1, 0.15) is 0 Å². The van der Waals surface area contributed by atoms with Crippen LogP contribution in [0, 0.1) is 6.92 Å². The van der Waals surface area contributed by atoms with Crippen molar-refractivity contribution in [2.45, 2.75) is 43.9 Å². The van der Waals surface area contributed by atoms with Crippen LogP contribution < -0.4 is 10.3 Å². The largest absolute Gasteiger partial charge is 0.478 e. The third-order valence-electron chi connectivity index (χ3n) is 4.49. The van der Waals surface area contributed by atoms with Crippen molar-refractivity contribution in [1.82, 2.24) is 10.3 Å². The fourth-order valence-electron chi connectivity index (χ4n) is 3.03. The molecule has 0 saturated carbocycles. The van der Waals surface area contributed by atoms with Gasteiger partial charge in [0.05, 0.1) is 15.3 Å². The van der Waals surface area contributed by atoms with E-state index in [4.69, 9.17) is 5.11 Å². The third kappa shape index (κ3) is 4.37. The van der Waals surface area contributed by atoms with E-state index in [0.29, 0.717) is 10.4 Å². The van der Waals surface area contributed by atoms with E-state index in [1.54, 1.807) is 6.92 Å². The first-order valence-corrected chi connectivity index (χ1v) is 10.9. The van der Waals surface area contributed by atoms with Crippen LogP contribution in [0.15, 0.2) is 29.2 Å². The number of aromatic carboxylic acids is 1. The van der Waals surface area contributed by atoms with E-state index in [1.165, 1.54) is 34.8 Å². The van der Waals surface area contributed by atoms with Crippen LogP contribution in [0.5, 0.6) is 0 Å². The van der Waals surface area contributed by atoms with Crippen LogP contribution in [0.25, 0.3) is 0 Å². The van der Waals surface area contributed by atoms with Crippen LogP contribution in [0.3, 0.4) is 0 Å². The van der Waals surface area contributed by atoms with Crippen molar-refractivity contribution in [1.29, 1.82) is 0 Å². The summed E-state index contributed by atoms with van der Waals surface area (Å²) >= 11 is 1.39. The lowest BCUT2D eigenvalue weighted by Crippen LogP contribution is -2.41. The topological polar surface area (TPSA) is 113 Å². The molecule has 0 atom stereocenters. The maximum atomic E-state index is 12.5. The molecule has 1 heterocycles. The molecule has 1 aliphatic carbocycles. The lowest BCUT2D eigenvalue weighted by Gasteiger charge is -2.10. The number of carbonyl (C=O) groups is 2. The molecule has 3 rings (SSSR count). The molecule has 0 aliphatic heterocycles. The van der Waals surface area contributed by atoms with Gasteiger partial charge in [-0.2, -0.15) is 0 Å². The van der Waals surface area contributed by atoms with Crippen molar-refractivity contribution >= 4 is 33.2 Å². The Kier molecular flexibility index (Phi) is 5.64. The summed E-state index contributed by atoms with van der Waals surface area (Å²) in [7, 11) is -4.10. The van der Waals surface area contributed by atoms with Crippen molar-refractivity contribution in [3.8, 4) is 0 Å². The molecule has 0 spiro atoms. The molecule has 0 unspecified atom stereocenters. The van der Waals surface area contributed by atoms with Gasteiger partial charge in [0.15, 0.2) is 0 Å². The first-order chi connectivity index (χ1) is 12.8. The van der Waals surface area contributed by atoms with E-state index >= 15 is 0 Å². The molecule has 1 aromatic heterocycles. The number of hydrogen-bond donors (Lipinski definition) is 3. The Morgan fingerprint density at radius 1 is 1.11 bits per heavy atom. The number of hydrogen-bond acceptors (Lipinski definition) is 5. The summed E-state index contributed by atoms with van der Waals surface area (Å²) < 4.78 is 25.0. The average molecular weight is 409 g/mol. The molecule has 0 bridgehead atoms. The molecule has 27 heavy (non-hydrogen) atoms. The monoisotopic (exact) mass is 408 g/mol. The summed E-state index contributed by atoms with van der Waals surface area (Å²) in [6, 6.07) is 5.63. The smallest absolute Gasteiger partial charge is 0.335 e. The van der Waals surface area contributed by atoms with Gasteiger partial charge in [-0.15, -0.1) is 16.2 Å².